The summed E-state index contributed by atoms with van der Waals surface area (Å²) in [5.41, 5.74) is 2.29. The number of fused-ring (bicyclic) bond motifs is 1. The van der Waals surface area contributed by atoms with Gasteiger partial charge < -0.3 is 19.7 Å². The van der Waals surface area contributed by atoms with Crippen LogP contribution in [0.15, 0.2) is 35.1 Å². The maximum atomic E-state index is 13.7. The number of amides is 1. The number of aliphatic carboxylic acids is 1. The van der Waals surface area contributed by atoms with Gasteiger partial charge in [-0.2, -0.15) is 0 Å². The molecule has 0 aliphatic heterocycles. The predicted molar refractivity (Wildman–Crippen MR) is 134 cm³/mol. The zero-order valence-electron chi connectivity index (χ0n) is 20.6. The van der Waals surface area contributed by atoms with Gasteiger partial charge in [-0.25, -0.2) is 4.79 Å². The quantitative estimate of drug-likeness (QED) is 0.601. The molecule has 0 saturated heterocycles. The molecule has 188 valence electrons. The Morgan fingerprint density at radius 2 is 1.69 bits per heavy atom. The van der Waals surface area contributed by atoms with E-state index in [2.05, 4.69) is 5.32 Å². The Bertz CT molecular complexity index is 1100. The molecule has 1 fully saturated rings. The number of nitrogens with one attached hydrogen (secondary N) is 1. The minimum absolute atomic E-state index is 0.0416. The van der Waals surface area contributed by atoms with Gasteiger partial charge in [0.15, 0.2) is 6.04 Å². The molecule has 7 heteroatoms. The van der Waals surface area contributed by atoms with E-state index < -0.39 is 17.9 Å². The molecular formula is C28H36N2O5. The Morgan fingerprint density at radius 3 is 2.34 bits per heavy atom. The van der Waals surface area contributed by atoms with Crippen molar-refractivity contribution in [3.05, 3.63) is 63.1 Å². The highest BCUT2D eigenvalue weighted by Crippen LogP contribution is 2.27. The van der Waals surface area contributed by atoms with E-state index in [0.29, 0.717) is 23.8 Å². The number of aromatic nitrogens is 1. The zero-order chi connectivity index (χ0) is 24.8. The molecule has 2 N–H and O–H groups in total. The first-order valence-electron chi connectivity index (χ1n) is 12.9. The highest BCUT2D eigenvalue weighted by atomic mass is 16.5. The molecule has 35 heavy (non-hydrogen) atoms. The fourth-order valence-corrected chi connectivity index (χ4v) is 5.51. The third-order valence-corrected chi connectivity index (χ3v) is 7.48. The van der Waals surface area contributed by atoms with Crippen LogP contribution >= 0.6 is 0 Å². The van der Waals surface area contributed by atoms with Crippen molar-refractivity contribution in [1.29, 1.82) is 0 Å². The molecule has 1 saturated carbocycles. The Kier molecular flexibility index (Phi) is 8.26. The van der Waals surface area contributed by atoms with Crippen molar-refractivity contribution in [1.82, 2.24) is 9.88 Å². The molecule has 1 aromatic carbocycles. The second-order valence-electron chi connectivity index (χ2n) is 9.88. The first-order valence-corrected chi connectivity index (χ1v) is 12.9. The molecule has 1 heterocycles. The zero-order valence-corrected chi connectivity index (χ0v) is 20.6. The number of aryl methyl sites for hydroxylation is 1. The van der Waals surface area contributed by atoms with E-state index >= 15 is 0 Å². The number of hydrogen-bond acceptors (Lipinski definition) is 4. The number of carbonyl (C=O) groups is 2. The van der Waals surface area contributed by atoms with Gasteiger partial charge in [0.25, 0.3) is 11.5 Å². The number of benzene rings is 1. The molecule has 0 spiro atoms. The summed E-state index contributed by atoms with van der Waals surface area (Å²) < 4.78 is 7.00. The molecule has 1 unspecified atom stereocenters. The van der Waals surface area contributed by atoms with E-state index in [1.807, 2.05) is 4.57 Å². The van der Waals surface area contributed by atoms with Gasteiger partial charge in [0, 0.05) is 12.2 Å². The second kappa shape index (κ2) is 11.6. The van der Waals surface area contributed by atoms with Gasteiger partial charge in [0.05, 0.1) is 7.11 Å². The number of methoxy groups -OCH3 is 1. The highest BCUT2D eigenvalue weighted by Gasteiger charge is 2.27. The number of carboxylic acid groups (broad SMARTS) is 1. The van der Waals surface area contributed by atoms with E-state index in [-0.39, 0.29) is 11.1 Å². The molecule has 7 nitrogen and oxygen atoms in total. The average molecular weight is 481 g/mol. The van der Waals surface area contributed by atoms with Gasteiger partial charge in [0.1, 0.15) is 11.3 Å². The normalized spacial score (nSPS) is 17.5. The van der Waals surface area contributed by atoms with Crippen LogP contribution < -0.4 is 15.6 Å². The summed E-state index contributed by atoms with van der Waals surface area (Å²) in [6, 6.07) is 6.99. The topological polar surface area (TPSA) is 97.6 Å². The standard InChI is InChI=1S/C28H36N2O5/c1-35-22-15-13-20(14-16-22)25(28(33)34)29-26(31)23-17-21-11-7-2-3-8-12-24(21)30(27(23)32)18-19-9-5-4-6-10-19/h13-17,19,25H,2-12,18H2,1H3,(H,29,31)(H,33,34). The minimum Gasteiger partial charge on any atom is -0.497 e. The molecule has 2 aliphatic carbocycles. The second-order valence-corrected chi connectivity index (χ2v) is 9.88. The first kappa shape index (κ1) is 25.0. The SMILES string of the molecule is COc1ccc(C(NC(=O)c2cc3c(n(CC4CCCCC4)c2=O)CCCCCC3)C(=O)O)cc1. The van der Waals surface area contributed by atoms with E-state index in [4.69, 9.17) is 4.74 Å². The lowest BCUT2D eigenvalue weighted by Gasteiger charge is -2.27. The number of rotatable bonds is 7. The number of carboxylic acids is 1. The summed E-state index contributed by atoms with van der Waals surface area (Å²) in [5, 5.41) is 12.4. The van der Waals surface area contributed by atoms with Gasteiger partial charge in [0.2, 0.25) is 0 Å². The Hall–Kier alpha value is -3.09. The fraction of sp³-hybridized carbons (Fsp3) is 0.536. The van der Waals surface area contributed by atoms with Crippen LogP contribution in [0.25, 0.3) is 0 Å². The Labute approximate surface area is 206 Å². The first-order chi connectivity index (χ1) is 17.0. The van der Waals surface area contributed by atoms with Crippen LogP contribution in [-0.2, 0) is 24.2 Å². The monoisotopic (exact) mass is 480 g/mol. The van der Waals surface area contributed by atoms with Crippen LogP contribution in [0.5, 0.6) is 5.75 Å². The van der Waals surface area contributed by atoms with Gasteiger partial charge in [-0.05, 0) is 73.8 Å². The van der Waals surface area contributed by atoms with Crippen molar-refractivity contribution < 1.29 is 19.4 Å². The number of ether oxygens (including phenoxy) is 1. The maximum absolute atomic E-state index is 13.7. The molecule has 1 aromatic heterocycles. The number of hydrogen-bond donors (Lipinski definition) is 2. The molecule has 0 radical (unpaired) electrons. The average Bonchev–Trinajstić information content (AvgIpc) is 2.85. The molecule has 4 rings (SSSR count). The van der Waals surface area contributed by atoms with E-state index in [1.165, 1.54) is 26.4 Å². The summed E-state index contributed by atoms with van der Waals surface area (Å²) in [7, 11) is 1.53. The van der Waals surface area contributed by atoms with Crippen molar-refractivity contribution in [2.24, 2.45) is 5.92 Å². The lowest BCUT2D eigenvalue weighted by atomic mass is 9.88. The van der Waals surface area contributed by atoms with Crippen LogP contribution in [0.1, 0.15) is 91.0 Å². The Balaban J connectivity index is 1.68. The van der Waals surface area contributed by atoms with Crippen LogP contribution in [-0.4, -0.2) is 28.7 Å². The van der Waals surface area contributed by atoms with Gasteiger partial charge in [-0.1, -0.05) is 44.2 Å². The van der Waals surface area contributed by atoms with Crippen LogP contribution in [0, 0.1) is 5.92 Å². The van der Waals surface area contributed by atoms with E-state index in [9.17, 15) is 19.5 Å². The van der Waals surface area contributed by atoms with Crippen LogP contribution in [0.3, 0.4) is 0 Å². The number of pyridine rings is 1. The molecule has 1 amide bonds. The lowest BCUT2D eigenvalue weighted by Crippen LogP contribution is -2.40. The molecule has 0 bridgehead atoms. The number of nitrogens with zero attached hydrogens (tertiary/aromatic N) is 1. The fourth-order valence-electron chi connectivity index (χ4n) is 5.51. The van der Waals surface area contributed by atoms with E-state index in [1.54, 1.807) is 30.3 Å². The third kappa shape index (κ3) is 5.95. The summed E-state index contributed by atoms with van der Waals surface area (Å²) in [6.45, 7) is 0.642. The summed E-state index contributed by atoms with van der Waals surface area (Å²) in [6.07, 6.45) is 11.9. The van der Waals surface area contributed by atoms with Gasteiger partial charge >= 0.3 is 5.97 Å². The molecule has 1 atom stereocenters. The van der Waals surface area contributed by atoms with Crippen LogP contribution in [0.4, 0.5) is 0 Å². The van der Waals surface area contributed by atoms with Crippen molar-refractivity contribution in [2.75, 3.05) is 7.11 Å². The van der Waals surface area contributed by atoms with Gasteiger partial charge in [-0.3, -0.25) is 9.59 Å². The van der Waals surface area contributed by atoms with Crippen molar-refractivity contribution in [3.63, 3.8) is 0 Å². The summed E-state index contributed by atoms with van der Waals surface area (Å²) >= 11 is 0. The third-order valence-electron chi connectivity index (χ3n) is 7.48. The van der Waals surface area contributed by atoms with Crippen molar-refractivity contribution in [2.45, 2.75) is 83.2 Å². The lowest BCUT2D eigenvalue weighted by molar-refractivity contribution is -0.139. The van der Waals surface area contributed by atoms with Crippen LogP contribution in [0.2, 0.25) is 0 Å². The molecule has 2 aliphatic rings. The summed E-state index contributed by atoms with van der Waals surface area (Å²) in [4.78, 5) is 39.0. The smallest absolute Gasteiger partial charge is 0.330 e. The van der Waals surface area contributed by atoms with Gasteiger partial charge in [-0.15, -0.1) is 0 Å². The Morgan fingerprint density at radius 1 is 1.03 bits per heavy atom. The number of carbonyl (C=O) groups excluding carboxylic acids is 1. The van der Waals surface area contributed by atoms with E-state index in [0.717, 1.165) is 62.6 Å². The predicted octanol–water partition coefficient (Wildman–Crippen LogP) is 4.65. The maximum Gasteiger partial charge on any atom is 0.330 e. The minimum atomic E-state index is -1.26. The highest BCUT2D eigenvalue weighted by molar-refractivity contribution is 5.96. The van der Waals surface area contributed by atoms with Crippen molar-refractivity contribution in [3.8, 4) is 5.75 Å². The van der Waals surface area contributed by atoms with Crippen molar-refractivity contribution >= 4 is 11.9 Å². The molecule has 2 aromatic rings. The summed E-state index contributed by atoms with van der Waals surface area (Å²) in [5.74, 6) is -0.783. The molecular weight excluding hydrogens is 444 g/mol. The largest absolute Gasteiger partial charge is 0.497 e.